The molecule has 0 fully saturated rings. The Morgan fingerprint density at radius 2 is 0.574 bits per heavy atom. The Hall–Kier alpha value is -4.86. The second-order valence-corrected chi connectivity index (χ2v) is 14.0. The summed E-state index contributed by atoms with van der Waals surface area (Å²) >= 11 is 0. The Bertz CT molecular complexity index is 1730. The van der Waals surface area contributed by atoms with Crippen molar-refractivity contribution in [1.82, 2.24) is 0 Å². The first kappa shape index (κ1) is 40.3. The first-order valence-electron chi connectivity index (χ1n) is 19.1. The normalized spacial score (nSPS) is 12.5. The van der Waals surface area contributed by atoms with Crippen molar-refractivity contribution in [2.75, 3.05) is 42.7 Å². The van der Waals surface area contributed by atoms with E-state index in [2.05, 4.69) is 0 Å². The van der Waals surface area contributed by atoms with Crippen molar-refractivity contribution in [1.29, 1.82) is 0 Å². The summed E-state index contributed by atoms with van der Waals surface area (Å²) in [6.07, 6.45) is 7.07. The van der Waals surface area contributed by atoms with Crippen LogP contribution in [-0.2, 0) is 70.3 Å². The van der Waals surface area contributed by atoms with E-state index in [1.807, 2.05) is 27.7 Å². The maximum atomic E-state index is 13.6. The van der Waals surface area contributed by atoms with E-state index in [-0.39, 0.29) is 22.3 Å². The summed E-state index contributed by atoms with van der Waals surface area (Å²) in [4.78, 5) is 54.3. The molecular weight excluding hydrogens is 688 g/mol. The van der Waals surface area contributed by atoms with Crippen LogP contribution in [-0.4, -0.2) is 66.5 Å². The van der Waals surface area contributed by atoms with Crippen molar-refractivity contribution >= 4 is 23.9 Å². The highest BCUT2D eigenvalue weighted by Gasteiger charge is 2.39. The van der Waals surface area contributed by atoms with Crippen LogP contribution in [0, 0.1) is 0 Å². The van der Waals surface area contributed by atoms with E-state index in [0.717, 1.165) is 104 Å². The van der Waals surface area contributed by atoms with Crippen molar-refractivity contribution in [3.8, 4) is 11.5 Å². The lowest BCUT2D eigenvalue weighted by molar-refractivity contribution is 0.0552. The van der Waals surface area contributed by atoms with Crippen molar-refractivity contribution < 1.29 is 47.6 Å². The monoisotopic (exact) mass is 742 g/mol. The van der Waals surface area contributed by atoms with Crippen LogP contribution in [0.1, 0.15) is 162 Å². The standard InChI is InChI=1S/C44H54O10/c1-11-15-23-27-19-31-32(20-28(27)24(16-12-2)36(42(46)52-8)35(23)41(45)51-7)40(50-6)34-22-30-26(18-14-4)38(44(48)54-10)37(43(47)53-9)25(17-13-3)29(30)21-33(34)39(31)49-5/h11-22H2,1-10H3. The van der Waals surface area contributed by atoms with Crippen LogP contribution in [0.5, 0.6) is 11.5 Å². The molecule has 5 rings (SSSR count). The van der Waals surface area contributed by atoms with Crippen LogP contribution >= 0.6 is 0 Å². The van der Waals surface area contributed by atoms with Crippen molar-refractivity contribution in [2.45, 2.75) is 105 Å². The minimum atomic E-state index is -0.560. The van der Waals surface area contributed by atoms with Gasteiger partial charge in [0, 0.05) is 47.9 Å². The predicted octanol–water partition coefficient (Wildman–Crippen LogP) is 7.65. The third kappa shape index (κ3) is 6.62. The molecule has 0 heterocycles. The lowest BCUT2D eigenvalue weighted by Crippen LogP contribution is -2.26. The molecule has 3 aromatic rings. The number of hydrogen-bond donors (Lipinski definition) is 0. The second-order valence-electron chi connectivity index (χ2n) is 14.0. The average Bonchev–Trinajstić information content (AvgIpc) is 3.18. The van der Waals surface area contributed by atoms with Gasteiger partial charge in [0.25, 0.3) is 0 Å². The Labute approximate surface area is 318 Å². The number of fused-ring (bicyclic) bond motifs is 4. The van der Waals surface area contributed by atoms with E-state index in [1.54, 1.807) is 14.2 Å². The van der Waals surface area contributed by atoms with Crippen molar-refractivity contribution in [2.24, 2.45) is 0 Å². The Morgan fingerprint density at radius 3 is 0.722 bits per heavy atom. The van der Waals surface area contributed by atoms with Gasteiger partial charge in [0.05, 0.1) is 64.9 Å². The number of rotatable bonds is 14. The molecule has 0 spiro atoms. The molecule has 2 aliphatic rings. The molecule has 10 heteroatoms. The number of benzene rings is 3. The molecule has 0 bridgehead atoms. The van der Waals surface area contributed by atoms with Gasteiger partial charge in [-0.2, -0.15) is 0 Å². The molecule has 2 aliphatic carbocycles. The summed E-state index contributed by atoms with van der Waals surface area (Å²) in [6.45, 7) is 8.20. The molecule has 0 radical (unpaired) electrons. The van der Waals surface area contributed by atoms with Gasteiger partial charge in [-0.1, -0.05) is 53.4 Å². The summed E-state index contributed by atoms with van der Waals surface area (Å²) in [5.41, 5.74) is 12.2. The fourth-order valence-electron chi connectivity index (χ4n) is 9.06. The summed E-state index contributed by atoms with van der Waals surface area (Å²) in [7, 11) is 8.71. The third-order valence-electron chi connectivity index (χ3n) is 11.1. The van der Waals surface area contributed by atoms with Gasteiger partial charge in [0.2, 0.25) is 0 Å². The molecule has 0 unspecified atom stereocenters. The van der Waals surface area contributed by atoms with Crippen LogP contribution < -0.4 is 9.47 Å². The van der Waals surface area contributed by atoms with Crippen LogP contribution in [0.25, 0.3) is 0 Å². The Kier molecular flexibility index (Phi) is 12.8. The molecule has 0 saturated heterocycles. The lowest BCUT2D eigenvalue weighted by atomic mass is 9.71. The minimum absolute atomic E-state index is 0.277. The zero-order valence-corrected chi connectivity index (χ0v) is 33.6. The largest absolute Gasteiger partial charge is 0.496 e. The van der Waals surface area contributed by atoms with E-state index in [4.69, 9.17) is 28.4 Å². The Balaban J connectivity index is 1.88. The molecule has 3 aromatic carbocycles. The van der Waals surface area contributed by atoms with E-state index in [0.29, 0.717) is 51.4 Å². The number of hydrogen-bond acceptors (Lipinski definition) is 10. The third-order valence-corrected chi connectivity index (χ3v) is 11.1. The second kappa shape index (κ2) is 17.1. The van der Waals surface area contributed by atoms with E-state index >= 15 is 0 Å². The summed E-state index contributed by atoms with van der Waals surface area (Å²) in [6, 6.07) is 0. The fourth-order valence-corrected chi connectivity index (χ4v) is 9.06. The van der Waals surface area contributed by atoms with Gasteiger partial charge < -0.3 is 28.4 Å². The predicted molar refractivity (Wildman–Crippen MR) is 205 cm³/mol. The topological polar surface area (TPSA) is 124 Å². The highest BCUT2D eigenvalue weighted by Crippen LogP contribution is 2.51. The van der Waals surface area contributed by atoms with Gasteiger partial charge in [-0.3, -0.25) is 0 Å². The first-order chi connectivity index (χ1) is 26.1. The first-order valence-corrected chi connectivity index (χ1v) is 19.1. The summed E-state index contributed by atoms with van der Waals surface area (Å²) in [5.74, 6) is -0.759. The highest BCUT2D eigenvalue weighted by atomic mass is 16.5. The molecule has 0 N–H and O–H groups in total. The van der Waals surface area contributed by atoms with Crippen LogP contribution in [0.3, 0.4) is 0 Å². The molecular formula is C44H54O10. The maximum absolute atomic E-state index is 13.6. The fraction of sp³-hybridized carbons (Fsp3) is 0.500. The summed E-state index contributed by atoms with van der Waals surface area (Å²) < 4.78 is 34.0. The van der Waals surface area contributed by atoms with Crippen LogP contribution in [0.15, 0.2) is 0 Å². The van der Waals surface area contributed by atoms with Gasteiger partial charge in [0.15, 0.2) is 0 Å². The number of methoxy groups -OCH3 is 6. The molecule has 10 nitrogen and oxygen atoms in total. The summed E-state index contributed by atoms with van der Waals surface area (Å²) in [5, 5.41) is 0. The Morgan fingerprint density at radius 1 is 0.370 bits per heavy atom. The highest BCUT2D eigenvalue weighted by molar-refractivity contribution is 6.07. The molecule has 0 aliphatic heterocycles. The SMILES string of the molecule is CCCc1c2c(c(CCC)c(C(=O)OC)c1C(=O)OC)Cc1c(c(OC)c3c(c1OC)Cc1c(c(CCC)c(C(=O)OC)c(C(=O)OC)c1CCC)C3)C2. The lowest BCUT2D eigenvalue weighted by Gasteiger charge is -2.35. The molecule has 290 valence electrons. The van der Waals surface area contributed by atoms with E-state index < -0.39 is 23.9 Å². The van der Waals surface area contributed by atoms with E-state index in [1.165, 1.54) is 28.4 Å². The molecule has 0 amide bonds. The molecule has 0 saturated carbocycles. The van der Waals surface area contributed by atoms with E-state index in [9.17, 15) is 19.2 Å². The molecule has 54 heavy (non-hydrogen) atoms. The number of carbonyl (C=O) groups excluding carboxylic acids is 4. The zero-order chi connectivity index (χ0) is 39.4. The van der Waals surface area contributed by atoms with Crippen molar-refractivity contribution in [3.05, 3.63) is 89.0 Å². The quantitative estimate of drug-likeness (QED) is 0.0828. The maximum Gasteiger partial charge on any atom is 0.339 e. The number of carbonyl (C=O) groups is 4. The zero-order valence-electron chi connectivity index (χ0n) is 33.6. The number of ether oxygens (including phenoxy) is 6. The molecule has 0 aromatic heterocycles. The van der Waals surface area contributed by atoms with Crippen LogP contribution in [0.2, 0.25) is 0 Å². The minimum Gasteiger partial charge on any atom is -0.496 e. The van der Waals surface area contributed by atoms with Crippen molar-refractivity contribution in [3.63, 3.8) is 0 Å². The van der Waals surface area contributed by atoms with Gasteiger partial charge in [0.1, 0.15) is 11.5 Å². The molecule has 0 atom stereocenters. The average molecular weight is 743 g/mol. The number of esters is 4. The van der Waals surface area contributed by atoms with Gasteiger partial charge in [-0.05, 0) is 70.2 Å². The van der Waals surface area contributed by atoms with Gasteiger partial charge >= 0.3 is 23.9 Å². The van der Waals surface area contributed by atoms with Crippen LogP contribution in [0.4, 0.5) is 0 Å². The van der Waals surface area contributed by atoms with Gasteiger partial charge in [-0.25, -0.2) is 19.2 Å². The van der Waals surface area contributed by atoms with Gasteiger partial charge in [-0.15, -0.1) is 0 Å². The smallest absolute Gasteiger partial charge is 0.339 e.